The van der Waals surface area contributed by atoms with Crippen molar-refractivity contribution < 1.29 is 9.53 Å². The monoisotopic (exact) mass is 340 g/mol. The molecule has 0 fully saturated rings. The van der Waals surface area contributed by atoms with Crippen molar-refractivity contribution in [3.8, 4) is 0 Å². The highest BCUT2D eigenvalue weighted by atomic mass is 35.5. The quantitative estimate of drug-likeness (QED) is 0.735. The van der Waals surface area contributed by atoms with Crippen LogP contribution in [0, 0.1) is 0 Å². The molecule has 4 nitrogen and oxygen atoms in total. The van der Waals surface area contributed by atoms with E-state index in [0.29, 0.717) is 13.1 Å². The molecule has 0 radical (unpaired) electrons. The Morgan fingerprint density at radius 2 is 2.00 bits per heavy atom. The zero-order valence-electron chi connectivity index (χ0n) is 14.9. The van der Waals surface area contributed by atoms with Crippen LogP contribution in [0.1, 0.15) is 52.6 Å². The van der Waals surface area contributed by atoms with E-state index < -0.39 is 5.60 Å². The Morgan fingerprint density at radius 3 is 2.57 bits per heavy atom. The highest BCUT2D eigenvalue weighted by Gasteiger charge is 2.20. The van der Waals surface area contributed by atoms with Gasteiger partial charge in [0.1, 0.15) is 5.60 Å². The smallest absolute Gasteiger partial charge is 0.410 e. The van der Waals surface area contributed by atoms with Crippen LogP contribution in [0.5, 0.6) is 0 Å². The van der Waals surface area contributed by atoms with Gasteiger partial charge in [0.15, 0.2) is 0 Å². The van der Waals surface area contributed by atoms with Crippen LogP contribution in [0.2, 0.25) is 5.02 Å². The number of ether oxygens (including phenoxy) is 1. The Bertz CT molecular complexity index is 500. The van der Waals surface area contributed by atoms with Crippen molar-refractivity contribution >= 4 is 17.7 Å². The van der Waals surface area contributed by atoms with Gasteiger partial charge in [-0.3, -0.25) is 0 Å². The van der Waals surface area contributed by atoms with Gasteiger partial charge in [-0.1, -0.05) is 29.8 Å². The summed E-state index contributed by atoms with van der Waals surface area (Å²) in [5.74, 6) is 0. The number of hydrogen-bond donors (Lipinski definition) is 1. The van der Waals surface area contributed by atoms with Gasteiger partial charge in [0.25, 0.3) is 0 Å². The number of carbonyl (C=O) groups excluding carboxylic acids is 1. The fourth-order valence-electron chi connectivity index (χ4n) is 2.23. The molecule has 0 bridgehead atoms. The molecule has 0 heterocycles. The highest BCUT2D eigenvalue weighted by Crippen LogP contribution is 2.21. The van der Waals surface area contributed by atoms with Gasteiger partial charge >= 0.3 is 6.09 Å². The van der Waals surface area contributed by atoms with Gasteiger partial charge in [-0.15, -0.1) is 0 Å². The third-order valence-electron chi connectivity index (χ3n) is 3.46. The summed E-state index contributed by atoms with van der Waals surface area (Å²) in [6, 6.07) is 8.02. The Morgan fingerprint density at radius 1 is 1.35 bits per heavy atom. The van der Waals surface area contributed by atoms with Crippen molar-refractivity contribution in [2.24, 2.45) is 0 Å². The summed E-state index contributed by atoms with van der Waals surface area (Å²) >= 11 is 6.20. The second-order valence-electron chi connectivity index (χ2n) is 6.61. The van der Waals surface area contributed by atoms with Gasteiger partial charge < -0.3 is 15.0 Å². The molecular formula is C18H29ClN2O2. The van der Waals surface area contributed by atoms with Crippen LogP contribution in [0.25, 0.3) is 0 Å². The minimum absolute atomic E-state index is 0.181. The van der Waals surface area contributed by atoms with Crippen LogP contribution in [0.4, 0.5) is 4.79 Å². The first-order valence-electron chi connectivity index (χ1n) is 8.20. The molecule has 1 aromatic carbocycles. The number of amides is 1. The second kappa shape index (κ2) is 9.14. The average Bonchev–Trinajstić information content (AvgIpc) is 2.45. The molecule has 23 heavy (non-hydrogen) atoms. The number of hydrogen-bond acceptors (Lipinski definition) is 3. The average molecular weight is 341 g/mol. The van der Waals surface area contributed by atoms with E-state index in [1.165, 1.54) is 0 Å². The lowest BCUT2D eigenvalue weighted by atomic mass is 10.1. The molecule has 1 amide bonds. The summed E-state index contributed by atoms with van der Waals surface area (Å²) < 4.78 is 5.40. The molecule has 1 N–H and O–H groups in total. The maximum absolute atomic E-state index is 12.0. The summed E-state index contributed by atoms with van der Waals surface area (Å²) in [4.78, 5) is 13.8. The number of rotatable bonds is 7. The van der Waals surface area contributed by atoms with Crippen molar-refractivity contribution in [3.63, 3.8) is 0 Å². The minimum atomic E-state index is -0.457. The van der Waals surface area contributed by atoms with Gasteiger partial charge in [0, 0.05) is 24.2 Å². The van der Waals surface area contributed by atoms with Crippen LogP contribution in [-0.2, 0) is 4.74 Å². The van der Waals surface area contributed by atoms with E-state index in [1.807, 2.05) is 52.0 Å². The van der Waals surface area contributed by atoms with E-state index in [1.54, 1.807) is 4.90 Å². The summed E-state index contributed by atoms with van der Waals surface area (Å²) in [7, 11) is 0. The van der Waals surface area contributed by atoms with E-state index in [4.69, 9.17) is 16.3 Å². The molecule has 0 spiro atoms. The van der Waals surface area contributed by atoms with Gasteiger partial charge in [0.05, 0.1) is 0 Å². The SMILES string of the molecule is CCN(CCCNC(C)c1ccccc1Cl)C(=O)OC(C)(C)C. The standard InChI is InChI=1S/C18H29ClN2O2/c1-6-21(17(22)23-18(3,4)5)13-9-12-20-14(2)15-10-7-8-11-16(15)19/h7-8,10-11,14,20H,6,9,12-13H2,1-5H3. The lowest BCUT2D eigenvalue weighted by Crippen LogP contribution is -2.38. The predicted octanol–water partition coefficient (Wildman–Crippen LogP) is 4.64. The molecule has 0 saturated heterocycles. The highest BCUT2D eigenvalue weighted by molar-refractivity contribution is 6.31. The molecule has 1 atom stereocenters. The summed E-state index contributed by atoms with van der Waals surface area (Å²) in [5, 5.41) is 4.22. The Labute approximate surface area is 145 Å². The summed E-state index contributed by atoms with van der Waals surface area (Å²) in [6.07, 6.45) is 0.612. The topological polar surface area (TPSA) is 41.6 Å². The molecule has 1 unspecified atom stereocenters. The van der Waals surface area contributed by atoms with Gasteiger partial charge in [-0.25, -0.2) is 4.79 Å². The first-order chi connectivity index (χ1) is 10.7. The van der Waals surface area contributed by atoms with Crippen molar-refractivity contribution in [1.29, 1.82) is 0 Å². The predicted molar refractivity (Wildman–Crippen MR) is 96.0 cm³/mol. The molecule has 130 valence electrons. The van der Waals surface area contributed by atoms with Crippen LogP contribution < -0.4 is 5.32 Å². The van der Waals surface area contributed by atoms with Crippen LogP contribution in [0.15, 0.2) is 24.3 Å². The van der Waals surface area contributed by atoms with Gasteiger partial charge in [-0.05, 0) is 59.2 Å². The molecule has 0 aliphatic rings. The van der Waals surface area contributed by atoms with E-state index in [9.17, 15) is 4.79 Å². The van der Waals surface area contributed by atoms with Crippen molar-refractivity contribution in [3.05, 3.63) is 34.9 Å². The largest absolute Gasteiger partial charge is 0.444 e. The fourth-order valence-corrected chi connectivity index (χ4v) is 2.53. The molecule has 0 aliphatic carbocycles. The summed E-state index contributed by atoms with van der Waals surface area (Å²) in [6.45, 7) is 11.8. The lowest BCUT2D eigenvalue weighted by molar-refractivity contribution is 0.0258. The molecule has 0 saturated carbocycles. The number of nitrogens with zero attached hydrogens (tertiary/aromatic N) is 1. The Kier molecular flexibility index (Phi) is 7.86. The minimum Gasteiger partial charge on any atom is -0.444 e. The zero-order valence-corrected chi connectivity index (χ0v) is 15.6. The normalized spacial score (nSPS) is 12.8. The zero-order chi connectivity index (χ0) is 17.5. The molecule has 1 rings (SSSR count). The number of nitrogens with one attached hydrogen (secondary N) is 1. The van der Waals surface area contributed by atoms with Gasteiger partial charge in [0.2, 0.25) is 0 Å². The van der Waals surface area contributed by atoms with E-state index in [0.717, 1.165) is 23.6 Å². The number of halogens is 1. The first kappa shape index (κ1) is 19.8. The van der Waals surface area contributed by atoms with E-state index >= 15 is 0 Å². The Hall–Kier alpha value is -1.26. The lowest BCUT2D eigenvalue weighted by Gasteiger charge is -2.26. The summed E-state index contributed by atoms with van der Waals surface area (Å²) in [5.41, 5.74) is 0.634. The maximum Gasteiger partial charge on any atom is 0.410 e. The molecular weight excluding hydrogens is 312 g/mol. The first-order valence-corrected chi connectivity index (χ1v) is 8.58. The van der Waals surface area contributed by atoms with Crippen molar-refractivity contribution in [2.75, 3.05) is 19.6 Å². The molecule has 1 aromatic rings. The number of benzene rings is 1. The van der Waals surface area contributed by atoms with E-state index in [-0.39, 0.29) is 12.1 Å². The van der Waals surface area contributed by atoms with Crippen molar-refractivity contribution in [1.82, 2.24) is 10.2 Å². The third-order valence-corrected chi connectivity index (χ3v) is 3.80. The van der Waals surface area contributed by atoms with Crippen LogP contribution >= 0.6 is 11.6 Å². The van der Waals surface area contributed by atoms with Crippen molar-refractivity contribution in [2.45, 2.75) is 52.7 Å². The Balaban J connectivity index is 2.38. The maximum atomic E-state index is 12.0. The number of carbonyl (C=O) groups is 1. The fraction of sp³-hybridized carbons (Fsp3) is 0.611. The third kappa shape index (κ3) is 7.23. The molecule has 0 aromatic heterocycles. The van der Waals surface area contributed by atoms with Gasteiger partial charge in [-0.2, -0.15) is 0 Å². The molecule has 5 heteroatoms. The van der Waals surface area contributed by atoms with Crippen LogP contribution in [-0.4, -0.2) is 36.2 Å². The van der Waals surface area contributed by atoms with E-state index in [2.05, 4.69) is 12.2 Å². The van der Waals surface area contributed by atoms with Crippen LogP contribution in [0.3, 0.4) is 0 Å². The molecule has 0 aliphatic heterocycles. The second-order valence-corrected chi connectivity index (χ2v) is 7.02.